The van der Waals surface area contributed by atoms with Gasteiger partial charge in [0.05, 0.1) is 11.0 Å². The molecule has 1 aromatic heterocycles. The maximum atomic E-state index is 4.80. The van der Waals surface area contributed by atoms with E-state index in [1.807, 2.05) is 60.7 Å². The van der Waals surface area contributed by atoms with Crippen molar-refractivity contribution in [3.05, 3.63) is 83.9 Å². The van der Waals surface area contributed by atoms with Crippen LogP contribution in [0.2, 0.25) is 0 Å². The van der Waals surface area contributed by atoms with Gasteiger partial charge in [0.2, 0.25) is 0 Å². The van der Waals surface area contributed by atoms with Crippen LogP contribution in [0.1, 0.15) is 11.1 Å². The summed E-state index contributed by atoms with van der Waals surface area (Å²) in [6, 6.07) is 24.2. The molecule has 3 aromatic carbocycles. The number of benzene rings is 3. The Morgan fingerprint density at radius 1 is 0.538 bits per heavy atom. The summed E-state index contributed by atoms with van der Waals surface area (Å²) in [5.41, 5.74) is 6.07. The molecule has 0 fully saturated rings. The quantitative estimate of drug-likeness (QED) is 0.498. The number of nitrogens with zero attached hydrogens (tertiary/aromatic N) is 2. The lowest BCUT2D eigenvalue weighted by molar-refractivity contribution is 1.26. The fourth-order valence-corrected chi connectivity index (χ4v) is 2.86. The second kappa shape index (κ2) is 6.84. The van der Waals surface area contributed by atoms with Gasteiger partial charge >= 0.3 is 0 Å². The normalized spacial score (nSPS) is 10.7. The molecule has 0 amide bonds. The van der Waals surface area contributed by atoms with E-state index in [-0.39, 0.29) is 0 Å². The Labute approximate surface area is 152 Å². The maximum Gasteiger partial charge on any atom is 0.174 e. The first kappa shape index (κ1) is 16.1. The molecule has 0 saturated carbocycles. The van der Waals surface area contributed by atoms with Crippen molar-refractivity contribution in [2.45, 2.75) is 13.8 Å². The van der Waals surface area contributed by atoms with Crippen LogP contribution in [0.25, 0.3) is 11.0 Å². The summed E-state index contributed by atoms with van der Waals surface area (Å²) < 4.78 is 0. The Balaban J connectivity index is 1.81. The topological polar surface area (TPSA) is 49.8 Å². The summed E-state index contributed by atoms with van der Waals surface area (Å²) in [5.74, 6) is 1.42. The molecule has 4 aromatic rings. The molecule has 0 bridgehead atoms. The maximum absolute atomic E-state index is 4.80. The molecule has 0 radical (unpaired) electrons. The lowest BCUT2D eigenvalue weighted by Gasteiger charge is -2.15. The standard InChI is InChI=1S/C22H20N4/c1-15-9-3-5-11-17(15)23-21-22(24-18-12-6-4-10-16(18)2)26-20-14-8-7-13-19(20)25-21/h3-14H,1-2H3,(H,23,25)(H,24,26). The lowest BCUT2D eigenvalue weighted by Crippen LogP contribution is -2.04. The zero-order chi connectivity index (χ0) is 17.9. The van der Waals surface area contributed by atoms with Crippen LogP contribution < -0.4 is 10.6 Å². The highest BCUT2D eigenvalue weighted by Crippen LogP contribution is 2.29. The molecule has 4 nitrogen and oxygen atoms in total. The average molecular weight is 340 g/mol. The van der Waals surface area contributed by atoms with Gasteiger partial charge in [-0.05, 0) is 49.2 Å². The summed E-state index contributed by atoms with van der Waals surface area (Å²) in [7, 11) is 0. The van der Waals surface area contributed by atoms with Crippen molar-refractivity contribution in [3.8, 4) is 0 Å². The Kier molecular flexibility index (Phi) is 4.23. The first-order chi connectivity index (χ1) is 12.7. The number of hydrogen-bond donors (Lipinski definition) is 2. The summed E-state index contributed by atoms with van der Waals surface area (Å²) in [4.78, 5) is 9.60. The summed E-state index contributed by atoms with van der Waals surface area (Å²) in [5, 5.41) is 6.87. The molecule has 0 aliphatic rings. The number of rotatable bonds is 4. The molecule has 1 heterocycles. The monoisotopic (exact) mass is 340 g/mol. The minimum Gasteiger partial charge on any atom is -0.337 e. The van der Waals surface area contributed by atoms with Crippen molar-refractivity contribution in [1.29, 1.82) is 0 Å². The molecule has 0 aliphatic heterocycles. The van der Waals surface area contributed by atoms with Gasteiger partial charge in [-0.25, -0.2) is 9.97 Å². The number of nitrogens with one attached hydrogen (secondary N) is 2. The third-order valence-corrected chi connectivity index (χ3v) is 4.37. The van der Waals surface area contributed by atoms with Crippen LogP contribution in [-0.4, -0.2) is 9.97 Å². The molecular formula is C22H20N4. The van der Waals surface area contributed by atoms with Crippen LogP contribution in [0.3, 0.4) is 0 Å². The van der Waals surface area contributed by atoms with Gasteiger partial charge in [-0.2, -0.15) is 0 Å². The highest BCUT2D eigenvalue weighted by Gasteiger charge is 2.11. The number of aryl methyl sites for hydroxylation is 2. The Bertz CT molecular complexity index is 986. The van der Waals surface area contributed by atoms with E-state index >= 15 is 0 Å². The van der Waals surface area contributed by atoms with Gasteiger partial charge < -0.3 is 10.6 Å². The summed E-state index contributed by atoms with van der Waals surface area (Å²) in [6.45, 7) is 4.15. The molecule has 4 rings (SSSR count). The zero-order valence-electron chi connectivity index (χ0n) is 14.8. The van der Waals surface area contributed by atoms with Crippen molar-refractivity contribution < 1.29 is 0 Å². The SMILES string of the molecule is Cc1ccccc1Nc1nc2ccccc2nc1Nc1ccccc1C. The van der Waals surface area contributed by atoms with Crippen molar-refractivity contribution in [2.24, 2.45) is 0 Å². The molecule has 2 N–H and O–H groups in total. The minimum atomic E-state index is 0.709. The van der Waals surface area contributed by atoms with Gasteiger partial charge in [0.15, 0.2) is 11.6 Å². The van der Waals surface area contributed by atoms with E-state index in [1.54, 1.807) is 0 Å². The highest BCUT2D eigenvalue weighted by atomic mass is 15.1. The van der Waals surface area contributed by atoms with Crippen LogP contribution in [0.15, 0.2) is 72.8 Å². The third kappa shape index (κ3) is 3.22. The Morgan fingerprint density at radius 2 is 0.923 bits per heavy atom. The van der Waals surface area contributed by atoms with E-state index in [9.17, 15) is 0 Å². The van der Waals surface area contributed by atoms with Crippen LogP contribution >= 0.6 is 0 Å². The molecule has 4 heteroatoms. The largest absolute Gasteiger partial charge is 0.337 e. The number of para-hydroxylation sites is 4. The van der Waals surface area contributed by atoms with Crippen molar-refractivity contribution in [1.82, 2.24) is 9.97 Å². The smallest absolute Gasteiger partial charge is 0.174 e. The molecule has 0 spiro atoms. The van der Waals surface area contributed by atoms with Crippen molar-refractivity contribution >= 4 is 34.0 Å². The number of anilines is 4. The molecular weight excluding hydrogens is 320 g/mol. The van der Waals surface area contributed by atoms with Gasteiger partial charge in [0.1, 0.15) is 0 Å². The first-order valence-electron chi connectivity index (χ1n) is 8.63. The van der Waals surface area contributed by atoms with Crippen molar-refractivity contribution in [3.63, 3.8) is 0 Å². The van der Waals surface area contributed by atoms with Gasteiger partial charge in [-0.15, -0.1) is 0 Å². The minimum absolute atomic E-state index is 0.709. The molecule has 128 valence electrons. The lowest BCUT2D eigenvalue weighted by atomic mass is 10.2. The number of aromatic nitrogens is 2. The van der Waals surface area contributed by atoms with Gasteiger partial charge in [-0.1, -0.05) is 48.5 Å². The van der Waals surface area contributed by atoms with Crippen LogP contribution in [0.5, 0.6) is 0 Å². The molecule has 0 saturated heterocycles. The highest BCUT2D eigenvalue weighted by molar-refractivity contribution is 5.84. The van der Waals surface area contributed by atoms with E-state index in [4.69, 9.17) is 9.97 Å². The van der Waals surface area contributed by atoms with Crippen LogP contribution in [0, 0.1) is 13.8 Å². The summed E-state index contributed by atoms with van der Waals surface area (Å²) in [6.07, 6.45) is 0. The fraction of sp³-hybridized carbons (Fsp3) is 0.0909. The van der Waals surface area contributed by atoms with E-state index in [1.165, 1.54) is 0 Å². The molecule has 0 atom stereocenters. The van der Waals surface area contributed by atoms with Crippen molar-refractivity contribution in [2.75, 3.05) is 10.6 Å². The second-order valence-electron chi connectivity index (χ2n) is 6.29. The average Bonchev–Trinajstić information content (AvgIpc) is 2.66. The van der Waals surface area contributed by atoms with E-state index in [0.717, 1.165) is 33.5 Å². The third-order valence-electron chi connectivity index (χ3n) is 4.37. The molecule has 26 heavy (non-hydrogen) atoms. The van der Waals surface area contributed by atoms with Gasteiger partial charge in [0, 0.05) is 11.4 Å². The predicted octanol–water partition coefficient (Wildman–Crippen LogP) is 5.73. The Morgan fingerprint density at radius 3 is 1.35 bits per heavy atom. The second-order valence-corrected chi connectivity index (χ2v) is 6.29. The molecule has 0 aliphatic carbocycles. The van der Waals surface area contributed by atoms with E-state index < -0.39 is 0 Å². The first-order valence-corrected chi connectivity index (χ1v) is 8.63. The van der Waals surface area contributed by atoms with Crippen LogP contribution in [0.4, 0.5) is 23.0 Å². The summed E-state index contributed by atoms with van der Waals surface area (Å²) >= 11 is 0. The molecule has 0 unspecified atom stereocenters. The predicted molar refractivity (Wildman–Crippen MR) is 108 cm³/mol. The number of fused-ring (bicyclic) bond motifs is 1. The van der Waals surface area contributed by atoms with E-state index in [0.29, 0.717) is 11.6 Å². The zero-order valence-corrected chi connectivity index (χ0v) is 14.8. The fourth-order valence-electron chi connectivity index (χ4n) is 2.86. The van der Waals surface area contributed by atoms with E-state index in [2.05, 4.69) is 36.6 Å². The van der Waals surface area contributed by atoms with Crippen LogP contribution in [-0.2, 0) is 0 Å². The number of hydrogen-bond acceptors (Lipinski definition) is 4. The van der Waals surface area contributed by atoms with Gasteiger partial charge in [0.25, 0.3) is 0 Å². The van der Waals surface area contributed by atoms with Gasteiger partial charge in [-0.3, -0.25) is 0 Å². The Hall–Kier alpha value is -3.40.